The third-order valence-corrected chi connectivity index (χ3v) is 10.1. The molecule has 0 N–H and O–H groups in total. The largest absolute Gasteiger partial charge is 0.493 e. The Morgan fingerprint density at radius 3 is 1.76 bits per heavy atom. The molecule has 0 spiro atoms. The predicted molar refractivity (Wildman–Crippen MR) is 218 cm³/mol. The van der Waals surface area contributed by atoms with Crippen LogP contribution < -0.4 is 4.74 Å². The minimum Gasteiger partial charge on any atom is -0.493 e. The molecule has 0 bridgehead atoms. The van der Waals surface area contributed by atoms with Crippen LogP contribution >= 0.6 is 0 Å². The van der Waals surface area contributed by atoms with Crippen LogP contribution in [0.15, 0.2) is 121 Å². The number of unbranched alkanes of at least 4 members (excludes halogenated alkanes) is 3. The number of ether oxygens (including phenoxy) is 1. The van der Waals surface area contributed by atoms with Crippen molar-refractivity contribution in [1.29, 1.82) is 0 Å². The Morgan fingerprint density at radius 2 is 1.09 bits per heavy atom. The molecule has 0 amide bonds. The van der Waals surface area contributed by atoms with Crippen molar-refractivity contribution < 1.29 is 17.9 Å². The van der Waals surface area contributed by atoms with Crippen molar-refractivity contribution in [2.45, 2.75) is 59.3 Å². The Hall–Kier alpha value is -5.79. The molecule has 1 nitrogen and oxygen atoms in total. The first-order valence-corrected chi connectivity index (χ1v) is 18.9. The van der Waals surface area contributed by atoms with Crippen LogP contribution in [-0.4, -0.2) is 6.61 Å². The van der Waals surface area contributed by atoms with E-state index in [2.05, 4.69) is 80.3 Å². The van der Waals surface area contributed by atoms with E-state index in [-0.39, 0.29) is 16.9 Å². The van der Waals surface area contributed by atoms with Gasteiger partial charge in [-0.2, -0.15) is 0 Å². The fourth-order valence-corrected chi connectivity index (χ4v) is 6.93. The molecule has 0 heterocycles. The highest BCUT2D eigenvalue weighted by Crippen LogP contribution is 2.33. The van der Waals surface area contributed by atoms with Gasteiger partial charge in [-0.1, -0.05) is 106 Å². The van der Waals surface area contributed by atoms with Crippen molar-refractivity contribution in [2.75, 3.05) is 6.61 Å². The van der Waals surface area contributed by atoms with Gasteiger partial charge in [0.05, 0.1) is 6.61 Å². The summed E-state index contributed by atoms with van der Waals surface area (Å²) in [7, 11) is 0. The summed E-state index contributed by atoms with van der Waals surface area (Å²) in [5.74, 6) is 4.84. The number of hydrogen-bond donors (Lipinski definition) is 0. The Balaban J connectivity index is 1.07. The van der Waals surface area contributed by atoms with E-state index < -0.39 is 11.6 Å². The summed E-state index contributed by atoms with van der Waals surface area (Å²) in [6.07, 6.45) is 6.68. The number of halogens is 3. The van der Waals surface area contributed by atoms with Crippen LogP contribution in [0.4, 0.5) is 13.2 Å². The molecule has 270 valence electrons. The Morgan fingerprint density at radius 1 is 0.500 bits per heavy atom. The highest BCUT2D eigenvalue weighted by molar-refractivity contribution is 5.93. The quantitative estimate of drug-likeness (QED) is 0.0957. The van der Waals surface area contributed by atoms with Gasteiger partial charge in [-0.25, -0.2) is 13.2 Å². The fourth-order valence-electron chi connectivity index (χ4n) is 6.93. The third kappa shape index (κ3) is 8.22. The molecular formula is C50H43F3O. The van der Waals surface area contributed by atoms with Gasteiger partial charge in [-0.3, -0.25) is 0 Å². The molecular weight excluding hydrogens is 674 g/mol. The average molecular weight is 717 g/mol. The van der Waals surface area contributed by atoms with Gasteiger partial charge in [-0.15, -0.1) is 0 Å². The SMILES string of the molecule is CCCCCc1ccc2cc(-c3ccc4cc(-c5cc(C)c(C#Cc6ccc(-c7ccc(OCCCC)cc7F)c(F)c6)cc5F)ccc4c3)ccc2c1. The lowest BCUT2D eigenvalue weighted by molar-refractivity contribution is 0.308. The van der Waals surface area contributed by atoms with Crippen LogP contribution in [0.2, 0.25) is 0 Å². The van der Waals surface area contributed by atoms with E-state index in [0.29, 0.717) is 29.0 Å². The molecule has 4 heteroatoms. The van der Waals surface area contributed by atoms with Gasteiger partial charge < -0.3 is 4.74 Å². The van der Waals surface area contributed by atoms with E-state index in [1.807, 2.05) is 25.1 Å². The second-order valence-electron chi connectivity index (χ2n) is 14.1. The second-order valence-corrected chi connectivity index (χ2v) is 14.1. The van der Waals surface area contributed by atoms with Crippen LogP contribution in [0.5, 0.6) is 5.75 Å². The maximum atomic E-state index is 15.6. The fraction of sp³-hybridized carbons (Fsp3) is 0.200. The van der Waals surface area contributed by atoms with Crippen LogP contribution in [0, 0.1) is 36.2 Å². The molecule has 7 aromatic carbocycles. The molecule has 0 aliphatic carbocycles. The monoisotopic (exact) mass is 716 g/mol. The van der Waals surface area contributed by atoms with Gasteiger partial charge in [0.25, 0.3) is 0 Å². The molecule has 0 aliphatic heterocycles. The van der Waals surface area contributed by atoms with E-state index in [0.717, 1.165) is 52.3 Å². The van der Waals surface area contributed by atoms with Crippen LogP contribution in [0.1, 0.15) is 68.2 Å². The number of aryl methyl sites for hydroxylation is 2. The zero-order valence-corrected chi connectivity index (χ0v) is 31.0. The summed E-state index contributed by atoms with van der Waals surface area (Å²) in [6.45, 7) is 6.67. The molecule has 54 heavy (non-hydrogen) atoms. The Bertz CT molecular complexity index is 2540. The highest BCUT2D eigenvalue weighted by atomic mass is 19.1. The Kier molecular flexibility index (Phi) is 11.2. The summed E-state index contributed by atoms with van der Waals surface area (Å²) in [5.41, 5.74) is 6.97. The molecule has 0 radical (unpaired) electrons. The second kappa shape index (κ2) is 16.5. The lowest BCUT2D eigenvalue weighted by Crippen LogP contribution is -1.97. The lowest BCUT2D eigenvalue weighted by atomic mass is 9.94. The zero-order chi connectivity index (χ0) is 37.6. The van der Waals surface area contributed by atoms with Crippen LogP contribution in [0.3, 0.4) is 0 Å². The first-order valence-electron chi connectivity index (χ1n) is 18.9. The maximum Gasteiger partial charge on any atom is 0.134 e. The normalized spacial score (nSPS) is 11.1. The first-order chi connectivity index (χ1) is 26.3. The topological polar surface area (TPSA) is 9.23 Å². The van der Waals surface area contributed by atoms with Gasteiger partial charge >= 0.3 is 0 Å². The van der Waals surface area contributed by atoms with Crippen molar-refractivity contribution in [3.8, 4) is 51.0 Å². The van der Waals surface area contributed by atoms with Crippen molar-refractivity contribution >= 4 is 21.5 Å². The standard InChI is InChI=1S/C50H43F3O/c1-4-6-8-9-34-11-14-38-28-39(16-15-37(38)26-34)40-17-18-42-30-43(20-19-41(42)29-40)47-25-33(3)36(31-49(47)52)13-10-35-12-22-45(48(51)27-35)46-23-21-44(32-50(46)53)54-24-7-5-2/h11-12,14-23,25-32H,4-9,24H2,1-3H3. The molecule has 7 aromatic rings. The molecule has 0 atom stereocenters. The predicted octanol–water partition coefficient (Wildman–Crippen LogP) is 14.0. The van der Waals surface area contributed by atoms with E-state index in [1.54, 1.807) is 18.2 Å². The number of fused-ring (bicyclic) bond motifs is 2. The van der Waals surface area contributed by atoms with Crippen molar-refractivity contribution in [3.63, 3.8) is 0 Å². The third-order valence-electron chi connectivity index (χ3n) is 10.1. The molecule has 0 aromatic heterocycles. The minimum atomic E-state index is -0.592. The Labute approximate surface area is 316 Å². The van der Waals surface area contributed by atoms with E-state index in [1.165, 1.54) is 65.9 Å². The van der Waals surface area contributed by atoms with Gasteiger partial charge in [0.15, 0.2) is 0 Å². The van der Waals surface area contributed by atoms with Crippen molar-refractivity contribution in [1.82, 2.24) is 0 Å². The van der Waals surface area contributed by atoms with Crippen LogP contribution in [-0.2, 0) is 6.42 Å². The smallest absolute Gasteiger partial charge is 0.134 e. The maximum absolute atomic E-state index is 15.6. The molecule has 0 saturated heterocycles. The number of hydrogen-bond acceptors (Lipinski definition) is 1. The lowest BCUT2D eigenvalue weighted by Gasteiger charge is -2.10. The molecule has 0 fully saturated rings. The van der Waals surface area contributed by atoms with Crippen molar-refractivity contribution in [3.05, 3.63) is 161 Å². The van der Waals surface area contributed by atoms with Crippen molar-refractivity contribution in [2.24, 2.45) is 0 Å². The first kappa shape index (κ1) is 36.6. The minimum absolute atomic E-state index is 0.136. The summed E-state index contributed by atoms with van der Waals surface area (Å²) < 4.78 is 51.3. The molecule has 7 rings (SSSR count). The van der Waals surface area contributed by atoms with E-state index in [4.69, 9.17) is 4.74 Å². The summed E-state index contributed by atoms with van der Waals surface area (Å²) in [6, 6.07) is 38.0. The summed E-state index contributed by atoms with van der Waals surface area (Å²) in [4.78, 5) is 0. The summed E-state index contributed by atoms with van der Waals surface area (Å²) in [5, 5.41) is 4.60. The number of benzene rings is 7. The average Bonchev–Trinajstić information content (AvgIpc) is 3.18. The molecule has 0 aliphatic rings. The van der Waals surface area contributed by atoms with Gasteiger partial charge in [0, 0.05) is 33.9 Å². The number of rotatable bonds is 11. The molecule has 0 saturated carbocycles. The van der Waals surface area contributed by atoms with Gasteiger partial charge in [-0.05, 0) is 130 Å². The zero-order valence-electron chi connectivity index (χ0n) is 31.0. The van der Waals surface area contributed by atoms with E-state index >= 15 is 8.78 Å². The van der Waals surface area contributed by atoms with Gasteiger partial charge in [0.1, 0.15) is 23.2 Å². The van der Waals surface area contributed by atoms with Gasteiger partial charge in [0.2, 0.25) is 0 Å². The van der Waals surface area contributed by atoms with E-state index in [9.17, 15) is 4.39 Å². The summed E-state index contributed by atoms with van der Waals surface area (Å²) >= 11 is 0. The molecule has 0 unspecified atom stereocenters. The highest BCUT2D eigenvalue weighted by Gasteiger charge is 2.13. The van der Waals surface area contributed by atoms with Crippen LogP contribution in [0.25, 0.3) is 54.9 Å².